The number of rotatable bonds is 6. The average molecular weight is 452 g/mol. The van der Waals surface area contributed by atoms with E-state index < -0.39 is 0 Å². The first-order valence-electron chi connectivity index (χ1n) is 11.8. The lowest BCUT2D eigenvalue weighted by molar-refractivity contribution is 0.180. The standard InChI is InChI=1S/C29H29N3O2/c1-2-34-25-16-14-23(15-17-25)28-27-13-8-20-31(27)26-12-7-6-11-24(26)21-32(28)29(33)30-19-18-22-9-4-3-5-10-22/h3-17,20,28H,2,18-19,21H2,1H3,(H,30,33)/t28-/m1/s1. The topological polar surface area (TPSA) is 46.5 Å². The van der Waals surface area contributed by atoms with Gasteiger partial charge in [-0.1, -0.05) is 60.7 Å². The molecule has 2 heterocycles. The van der Waals surface area contributed by atoms with Crippen LogP contribution in [0.5, 0.6) is 5.75 Å². The minimum atomic E-state index is -0.227. The number of carbonyl (C=O) groups is 1. The summed E-state index contributed by atoms with van der Waals surface area (Å²) in [6.45, 7) is 3.70. The Labute approximate surface area is 200 Å². The van der Waals surface area contributed by atoms with Gasteiger partial charge in [0.15, 0.2) is 0 Å². The van der Waals surface area contributed by atoms with Crippen LogP contribution < -0.4 is 10.1 Å². The van der Waals surface area contributed by atoms with Gasteiger partial charge in [0.2, 0.25) is 0 Å². The number of aromatic nitrogens is 1. The second-order valence-corrected chi connectivity index (χ2v) is 8.43. The number of hydrogen-bond donors (Lipinski definition) is 1. The number of carbonyl (C=O) groups excluding carboxylic acids is 1. The van der Waals surface area contributed by atoms with Crippen molar-refractivity contribution in [3.63, 3.8) is 0 Å². The maximum Gasteiger partial charge on any atom is 0.318 e. The highest BCUT2D eigenvalue weighted by atomic mass is 16.5. The van der Waals surface area contributed by atoms with Gasteiger partial charge in [0.05, 0.1) is 24.9 Å². The summed E-state index contributed by atoms with van der Waals surface area (Å²) in [5, 5.41) is 3.17. The first-order chi connectivity index (χ1) is 16.7. The zero-order valence-corrected chi connectivity index (χ0v) is 19.4. The number of urea groups is 1. The number of fused-ring (bicyclic) bond motifs is 3. The summed E-state index contributed by atoms with van der Waals surface area (Å²) in [4.78, 5) is 15.6. The molecule has 1 aliphatic rings. The summed E-state index contributed by atoms with van der Waals surface area (Å²) in [6.07, 6.45) is 2.87. The second-order valence-electron chi connectivity index (χ2n) is 8.43. The van der Waals surface area contributed by atoms with E-state index in [9.17, 15) is 4.79 Å². The number of hydrogen-bond acceptors (Lipinski definition) is 2. The fourth-order valence-corrected chi connectivity index (χ4v) is 4.66. The fraction of sp³-hybridized carbons (Fsp3) is 0.207. The Morgan fingerprint density at radius 2 is 1.71 bits per heavy atom. The number of para-hydroxylation sites is 1. The molecular formula is C29H29N3O2. The molecule has 0 saturated heterocycles. The Balaban J connectivity index is 1.48. The zero-order valence-electron chi connectivity index (χ0n) is 19.4. The van der Waals surface area contributed by atoms with Crippen molar-refractivity contribution in [3.8, 4) is 11.4 Å². The van der Waals surface area contributed by atoms with Crippen molar-refractivity contribution in [2.45, 2.75) is 25.9 Å². The number of nitrogens with one attached hydrogen (secondary N) is 1. The predicted molar refractivity (Wildman–Crippen MR) is 134 cm³/mol. The molecule has 5 nitrogen and oxygen atoms in total. The van der Waals surface area contributed by atoms with Crippen LogP contribution in [0.15, 0.2) is 97.2 Å². The maximum absolute atomic E-state index is 13.6. The number of benzene rings is 3. The zero-order chi connectivity index (χ0) is 23.3. The van der Waals surface area contributed by atoms with E-state index in [1.165, 1.54) is 5.56 Å². The lowest BCUT2D eigenvalue weighted by atomic mass is 10.0. The Bertz CT molecular complexity index is 1250. The van der Waals surface area contributed by atoms with Crippen LogP contribution in [0.4, 0.5) is 4.79 Å². The fourth-order valence-electron chi connectivity index (χ4n) is 4.66. The van der Waals surface area contributed by atoms with E-state index in [0.717, 1.165) is 34.7 Å². The lowest BCUT2D eigenvalue weighted by Gasteiger charge is -2.31. The maximum atomic E-state index is 13.6. The summed E-state index contributed by atoms with van der Waals surface area (Å²) < 4.78 is 7.85. The molecule has 5 rings (SSSR count). The van der Waals surface area contributed by atoms with Crippen molar-refractivity contribution >= 4 is 6.03 Å². The smallest absolute Gasteiger partial charge is 0.318 e. The van der Waals surface area contributed by atoms with Crippen molar-refractivity contribution in [3.05, 3.63) is 120 Å². The van der Waals surface area contributed by atoms with Gasteiger partial charge >= 0.3 is 6.03 Å². The van der Waals surface area contributed by atoms with Crippen molar-refractivity contribution in [2.75, 3.05) is 13.2 Å². The molecule has 0 bridgehead atoms. The van der Waals surface area contributed by atoms with Gasteiger partial charge in [0, 0.05) is 18.4 Å². The predicted octanol–water partition coefficient (Wildman–Crippen LogP) is 5.73. The van der Waals surface area contributed by atoms with E-state index in [-0.39, 0.29) is 12.1 Å². The Kier molecular flexibility index (Phi) is 6.34. The monoisotopic (exact) mass is 451 g/mol. The van der Waals surface area contributed by atoms with Crippen LogP contribution in [0.25, 0.3) is 5.69 Å². The van der Waals surface area contributed by atoms with E-state index in [1.807, 2.05) is 60.4 Å². The van der Waals surface area contributed by atoms with Gasteiger partial charge in [-0.2, -0.15) is 0 Å². The molecule has 0 saturated carbocycles. The first-order valence-corrected chi connectivity index (χ1v) is 11.8. The summed E-state index contributed by atoms with van der Waals surface area (Å²) >= 11 is 0. The second kappa shape index (κ2) is 9.87. The van der Waals surface area contributed by atoms with Crippen LogP contribution in [0.2, 0.25) is 0 Å². The molecule has 1 N–H and O–H groups in total. The summed E-state index contributed by atoms with van der Waals surface area (Å²) in [6, 6.07) is 30.5. The SMILES string of the molecule is CCOc1ccc([C@@H]2c3cccn3-c3ccccc3CN2C(=O)NCCc2ccccc2)cc1. The number of amides is 2. The van der Waals surface area contributed by atoms with Crippen LogP contribution >= 0.6 is 0 Å². The minimum Gasteiger partial charge on any atom is -0.494 e. The van der Waals surface area contributed by atoms with Gasteiger partial charge in [0.25, 0.3) is 0 Å². The average Bonchev–Trinajstić information content (AvgIpc) is 3.30. The third-order valence-electron chi connectivity index (χ3n) is 6.26. The molecule has 4 aromatic rings. The largest absolute Gasteiger partial charge is 0.494 e. The Hall–Kier alpha value is -3.99. The molecule has 0 radical (unpaired) electrons. The molecule has 0 unspecified atom stereocenters. The van der Waals surface area contributed by atoms with Crippen molar-refractivity contribution in [2.24, 2.45) is 0 Å². The Morgan fingerprint density at radius 1 is 0.941 bits per heavy atom. The summed E-state index contributed by atoms with van der Waals surface area (Å²) in [5.41, 5.74) is 5.55. The quantitative estimate of drug-likeness (QED) is 0.407. The highest BCUT2D eigenvalue weighted by Gasteiger charge is 2.32. The third-order valence-corrected chi connectivity index (χ3v) is 6.26. The lowest BCUT2D eigenvalue weighted by Crippen LogP contribution is -2.42. The molecule has 0 spiro atoms. The molecular weight excluding hydrogens is 422 g/mol. The highest BCUT2D eigenvalue weighted by molar-refractivity contribution is 5.76. The van der Waals surface area contributed by atoms with Crippen LogP contribution in [-0.4, -0.2) is 28.6 Å². The van der Waals surface area contributed by atoms with Crippen LogP contribution in [0.1, 0.15) is 35.3 Å². The third kappa shape index (κ3) is 4.42. The molecule has 1 atom stereocenters. The van der Waals surface area contributed by atoms with Crippen molar-refractivity contribution < 1.29 is 9.53 Å². The summed E-state index contributed by atoms with van der Waals surface area (Å²) in [7, 11) is 0. The van der Waals surface area contributed by atoms with E-state index in [2.05, 4.69) is 58.5 Å². The highest BCUT2D eigenvalue weighted by Crippen LogP contribution is 2.37. The van der Waals surface area contributed by atoms with Gasteiger partial charge < -0.3 is 19.5 Å². The molecule has 5 heteroatoms. The van der Waals surface area contributed by atoms with Gasteiger partial charge in [-0.15, -0.1) is 0 Å². The molecule has 172 valence electrons. The molecule has 1 aromatic heterocycles. The minimum absolute atomic E-state index is 0.0701. The van der Waals surface area contributed by atoms with Crippen molar-refractivity contribution in [1.29, 1.82) is 0 Å². The number of nitrogens with zero attached hydrogens (tertiary/aromatic N) is 2. The van der Waals surface area contributed by atoms with Gasteiger partial charge in [-0.3, -0.25) is 0 Å². The van der Waals surface area contributed by atoms with E-state index in [1.54, 1.807) is 0 Å². The van der Waals surface area contributed by atoms with Gasteiger partial charge in [-0.25, -0.2) is 4.79 Å². The van der Waals surface area contributed by atoms with Gasteiger partial charge in [0.1, 0.15) is 5.75 Å². The molecule has 0 fully saturated rings. The normalized spacial score (nSPS) is 14.6. The molecule has 3 aromatic carbocycles. The molecule has 34 heavy (non-hydrogen) atoms. The van der Waals surface area contributed by atoms with Crippen LogP contribution in [0, 0.1) is 0 Å². The van der Waals surface area contributed by atoms with Gasteiger partial charge in [-0.05, 0) is 60.4 Å². The van der Waals surface area contributed by atoms with Crippen LogP contribution in [0.3, 0.4) is 0 Å². The first kappa shape index (κ1) is 21.8. The summed E-state index contributed by atoms with van der Waals surface area (Å²) in [5.74, 6) is 0.831. The van der Waals surface area contributed by atoms with E-state index >= 15 is 0 Å². The molecule has 0 aliphatic carbocycles. The number of ether oxygens (including phenoxy) is 1. The van der Waals surface area contributed by atoms with Crippen LogP contribution in [-0.2, 0) is 13.0 Å². The van der Waals surface area contributed by atoms with E-state index in [0.29, 0.717) is 19.7 Å². The van der Waals surface area contributed by atoms with E-state index in [4.69, 9.17) is 4.74 Å². The molecule has 1 aliphatic heterocycles. The van der Waals surface area contributed by atoms with Crippen molar-refractivity contribution in [1.82, 2.24) is 14.8 Å². The molecule has 2 amide bonds. The Morgan fingerprint density at radius 3 is 2.50 bits per heavy atom.